The molecule has 3 heteroatoms. The van der Waals surface area contributed by atoms with E-state index in [4.69, 9.17) is 9.52 Å². The Hall–Kier alpha value is -2.03. The van der Waals surface area contributed by atoms with E-state index in [9.17, 15) is 4.79 Å². The van der Waals surface area contributed by atoms with Gasteiger partial charge in [0.1, 0.15) is 5.76 Å². The summed E-state index contributed by atoms with van der Waals surface area (Å²) in [6.07, 6.45) is 14.5. The largest absolute Gasteiger partial charge is 0.481 e. The van der Waals surface area contributed by atoms with E-state index in [1.807, 2.05) is 0 Å². The summed E-state index contributed by atoms with van der Waals surface area (Å²) in [7, 11) is 0. The van der Waals surface area contributed by atoms with Crippen molar-refractivity contribution in [2.45, 2.75) is 64.2 Å². The molecular formula is C21H28O3. The van der Waals surface area contributed by atoms with Crippen LogP contribution >= 0.6 is 0 Å². The van der Waals surface area contributed by atoms with Crippen molar-refractivity contribution < 1.29 is 14.3 Å². The molecule has 0 fully saturated rings. The molecule has 0 radical (unpaired) electrons. The lowest BCUT2D eigenvalue weighted by Gasteiger charge is -2.29. The van der Waals surface area contributed by atoms with Crippen LogP contribution in [0.5, 0.6) is 0 Å². The summed E-state index contributed by atoms with van der Waals surface area (Å²) >= 11 is 0. The Bertz CT molecular complexity index is 648. The summed E-state index contributed by atoms with van der Waals surface area (Å²) in [5, 5.41) is 8.72. The summed E-state index contributed by atoms with van der Waals surface area (Å²) in [5.41, 5.74) is 3.43. The molecule has 0 aromatic carbocycles. The number of aliphatic carboxylic acids is 1. The highest BCUT2D eigenvalue weighted by molar-refractivity contribution is 5.69. The highest BCUT2D eigenvalue weighted by atomic mass is 16.4. The van der Waals surface area contributed by atoms with Gasteiger partial charge < -0.3 is 9.52 Å². The van der Waals surface area contributed by atoms with Crippen molar-refractivity contribution in [2.24, 2.45) is 0 Å². The Morgan fingerprint density at radius 3 is 3.00 bits per heavy atom. The number of fused-ring (bicyclic) bond motifs is 1. The van der Waals surface area contributed by atoms with Crippen LogP contribution in [-0.2, 0) is 16.6 Å². The molecule has 0 saturated heterocycles. The number of furan rings is 1. The number of rotatable bonds is 8. The Kier molecular flexibility index (Phi) is 6.24. The molecule has 1 aliphatic rings. The van der Waals surface area contributed by atoms with Crippen molar-refractivity contribution in [3.05, 3.63) is 59.6 Å². The molecule has 0 amide bonds. The quantitative estimate of drug-likeness (QED) is 0.501. The minimum atomic E-state index is -0.798. The van der Waals surface area contributed by atoms with Crippen LogP contribution in [0.3, 0.4) is 0 Å². The van der Waals surface area contributed by atoms with Crippen LogP contribution in [0.15, 0.2) is 52.7 Å². The van der Waals surface area contributed by atoms with Crippen LogP contribution in [0.4, 0.5) is 0 Å². The third-order valence-corrected chi connectivity index (χ3v) is 4.76. The molecule has 1 aromatic rings. The van der Waals surface area contributed by atoms with Crippen LogP contribution in [0.25, 0.3) is 0 Å². The zero-order chi connectivity index (χ0) is 17.6. The van der Waals surface area contributed by atoms with Crippen LogP contribution < -0.4 is 0 Å². The lowest BCUT2D eigenvalue weighted by Crippen LogP contribution is -2.23. The fraction of sp³-hybridized carbons (Fsp3) is 0.476. The van der Waals surface area contributed by atoms with E-state index in [-0.39, 0.29) is 11.8 Å². The van der Waals surface area contributed by atoms with Gasteiger partial charge in [0.25, 0.3) is 0 Å². The SMILES string of the molecule is C=C(CCC/C(C)=C/C=C/[C@]1(C)CCCc2ccoc21)CC(=O)O. The monoisotopic (exact) mass is 328 g/mol. The van der Waals surface area contributed by atoms with Crippen molar-refractivity contribution in [3.63, 3.8) is 0 Å². The van der Waals surface area contributed by atoms with Gasteiger partial charge in [0, 0.05) is 5.41 Å². The summed E-state index contributed by atoms with van der Waals surface area (Å²) in [4.78, 5) is 10.6. The Morgan fingerprint density at radius 2 is 2.25 bits per heavy atom. The fourth-order valence-corrected chi connectivity index (χ4v) is 3.38. The van der Waals surface area contributed by atoms with Crippen molar-refractivity contribution in [1.82, 2.24) is 0 Å². The first kappa shape index (κ1) is 18.3. The van der Waals surface area contributed by atoms with Gasteiger partial charge in [0.05, 0.1) is 12.7 Å². The number of carbonyl (C=O) groups is 1. The van der Waals surface area contributed by atoms with E-state index in [0.29, 0.717) is 0 Å². The third kappa shape index (κ3) is 4.98. The van der Waals surface area contributed by atoms with Crippen molar-refractivity contribution >= 4 is 5.97 Å². The topological polar surface area (TPSA) is 50.4 Å². The minimum Gasteiger partial charge on any atom is -0.481 e. The zero-order valence-corrected chi connectivity index (χ0v) is 14.8. The van der Waals surface area contributed by atoms with Gasteiger partial charge in [-0.2, -0.15) is 0 Å². The number of hydrogen-bond acceptors (Lipinski definition) is 2. The van der Waals surface area contributed by atoms with Gasteiger partial charge in [0.15, 0.2) is 0 Å². The van der Waals surface area contributed by atoms with E-state index in [0.717, 1.165) is 43.4 Å². The molecule has 1 aromatic heterocycles. The van der Waals surface area contributed by atoms with Crippen molar-refractivity contribution in [1.29, 1.82) is 0 Å². The smallest absolute Gasteiger partial charge is 0.307 e. The molecule has 0 unspecified atom stereocenters. The van der Waals surface area contributed by atoms with E-state index in [2.05, 4.69) is 44.7 Å². The van der Waals surface area contributed by atoms with Gasteiger partial charge in [-0.05, 0) is 64.0 Å². The fourth-order valence-electron chi connectivity index (χ4n) is 3.38. The lowest BCUT2D eigenvalue weighted by atomic mass is 9.75. The molecule has 0 bridgehead atoms. The number of aryl methyl sites for hydroxylation is 1. The number of carboxylic acids is 1. The van der Waals surface area contributed by atoms with Crippen LogP contribution in [0.2, 0.25) is 0 Å². The summed E-state index contributed by atoms with van der Waals surface area (Å²) < 4.78 is 5.72. The second-order valence-corrected chi connectivity index (χ2v) is 7.09. The van der Waals surface area contributed by atoms with Crippen LogP contribution in [0, 0.1) is 0 Å². The number of allylic oxidation sites excluding steroid dienone is 4. The van der Waals surface area contributed by atoms with Gasteiger partial charge >= 0.3 is 5.97 Å². The molecule has 0 saturated carbocycles. The molecule has 24 heavy (non-hydrogen) atoms. The Morgan fingerprint density at radius 1 is 1.46 bits per heavy atom. The summed E-state index contributed by atoms with van der Waals surface area (Å²) in [6.45, 7) is 8.17. The van der Waals surface area contributed by atoms with E-state index < -0.39 is 5.97 Å². The van der Waals surface area contributed by atoms with Gasteiger partial charge in [-0.15, -0.1) is 0 Å². The third-order valence-electron chi connectivity index (χ3n) is 4.76. The van der Waals surface area contributed by atoms with Gasteiger partial charge in [-0.25, -0.2) is 0 Å². The Balaban J connectivity index is 1.85. The molecule has 1 atom stereocenters. The lowest BCUT2D eigenvalue weighted by molar-refractivity contribution is -0.136. The minimum absolute atomic E-state index is 0.0103. The highest BCUT2D eigenvalue weighted by Crippen LogP contribution is 2.38. The van der Waals surface area contributed by atoms with Gasteiger partial charge in [-0.3, -0.25) is 4.79 Å². The number of carboxylic acid groups (broad SMARTS) is 1. The first-order valence-corrected chi connectivity index (χ1v) is 8.71. The Labute approximate surface area is 144 Å². The van der Waals surface area contributed by atoms with E-state index >= 15 is 0 Å². The van der Waals surface area contributed by atoms with Crippen molar-refractivity contribution in [3.8, 4) is 0 Å². The molecule has 0 spiro atoms. The molecule has 1 N–H and O–H groups in total. The second-order valence-electron chi connectivity index (χ2n) is 7.09. The normalized spacial score (nSPS) is 21.0. The van der Waals surface area contributed by atoms with E-state index in [1.54, 1.807) is 6.26 Å². The average Bonchev–Trinajstić information content (AvgIpc) is 2.96. The molecule has 2 rings (SSSR count). The zero-order valence-electron chi connectivity index (χ0n) is 14.8. The second kappa shape index (κ2) is 8.18. The first-order valence-electron chi connectivity index (χ1n) is 8.71. The maximum Gasteiger partial charge on any atom is 0.307 e. The predicted molar refractivity (Wildman–Crippen MR) is 97.1 cm³/mol. The molecule has 1 aliphatic carbocycles. The molecule has 130 valence electrons. The average molecular weight is 328 g/mol. The standard InChI is InChI=1S/C21H28O3/c1-16(7-4-8-17(2)15-19(22)23)9-5-12-21(3)13-6-10-18-11-14-24-20(18)21/h5,9,11-12,14H,2,4,6-8,10,13,15H2,1,3H3,(H,22,23)/b12-5+,16-9+/t21-/m1/s1. The summed E-state index contributed by atoms with van der Waals surface area (Å²) in [5.74, 6) is 0.314. The molecule has 1 heterocycles. The summed E-state index contributed by atoms with van der Waals surface area (Å²) in [6, 6.07) is 2.09. The maximum absolute atomic E-state index is 10.6. The molecular weight excluding hydrogens is 300 g/mol. The van der Waals surface area contributed by atoms with Gasteiger partial charge in [-0.1, -0.05) is 36.0 Å². The molecule has 3 nitrogen and oxygen atoms in total. The highest BCUT2D eigenvalue weighted by Gasteiger charge is 2.32. The van der Waals surface area contributed by atoms with Crippen LogP contribution in [0.1, 0.15) is 63.7 Å². The first-order chi connectivity index (χ1) is 11.4. The maximum atomic E-state index is 10.6. The van der Waals surface area contributed by atoms with Crippen LogP contribution in [-0.4, -0.2) is 11.1 Å². The van der Waals surface area contributed by atoms with E-state index in [1.165, 1.54) is 17.6 Å². The van der Waals surface area contributed by atoms with Gasteiger partial charge in [0.2, 0.25) is 0 Å². The van der Waals surface area contributed by atoms with Crippen molar-refractivity contribution in [2.75, 3.05) is 0 Å². The number of hydrogen-bond donors (Lipinski definition) is 1. The predicted octanol–water partition coefficient (Wildman–Crippen LogP) is 5.58. The molecule has 0 aliphatic heterocycles.